The predicted octanol–water partition coefficient (Wildman–Crippen LogP) is 1.80. The fourth-order valence-electron chi connectivity index (χ4n) is 0.714. The molecule has 0 spiro atoms. The van der Waals surface area contributed by atoms with Crippen LogP contribution >= 0.6 is 0 Å². The maximum atomic E-state index is 8.00. The summed E-state index contributed by atoms with van der Waals surface area (Å²) in [5, 5.41) is 0. The maximum Gasteiger partial charge on any atom is 0.106 e. The molecular formula is C11H15O3Re-. The molecule has 1 aromatic rings. The first-order chi connectivity index (χ1) is 6.83. The fraction of sp³-hybridized carbons (Fsp3) is 0.0909. The molecule has 3 nitrogen and oxygen atoms in total. The van der Waals surface area contributed by atoms with Gasteiger partial charge < -0.3 is 14.4 Å². The minimum Gasteiger partial charge on any atom is -0.307 e. The summed E-state index contributed by atoms with van der Waals surface area (Å²) >= 11 is 0. The van der Waals surface area contributed by atoms with Gasteiger partial charge in [-0.2, -0.15) is 18.2 Å². The summed E-state index contributed by atoms with van der Waals surface area (Å²) in [5.74, 6) is 0. The van der Waals surface area contributed by atoms with E-state index in [2.05, 4.69) is 31.7 Å². The molecule has 1 rings (SSSR count). The Morgan fingerprint density at radius 2 is 1.53 bits per heavy atom. The van der Waals surface area contributed by atoms with Crippen LogP contribution in [-0.2, 0) is 34.8 Å². The van der Waals surface area contributed by atoms with E-state index in [9.17, 15) is 0 Å². The molecule has 0 saturated heterocycles. The van der Waals surface area contributed by atoms with Gasteiger partial charge in [-0.15, -0.1) is 23.8 Å². The van der Waals surface area contributed by atoms with Crippen LogP contribution in [0.5, 0.6) is 0 Å². The molecule has 0 aromatic heterocycles. The van der Waals surface area contributed by atoms with Crippen molar-refractivity contribution >= 4 is 26.4 Å². The second-order valence-electron chi connectivity index (χ2n) is 1.93. The van der Waals surface area contributed by atoms with Crippen LogP contribution in [0, 0.1) is 6.92 Å². The monoisotopic (exact) mass is 382 g/mol. The van der Waals surface area contributed by atoms with Gasteiger partial charge in [-0.3, -0.25) is 0 Å². The van der Waals surface area contributed by atoms with Gasteiger partial charge in [0.15, 0.2) is 0 Å². The van der Waals surface area contributed by atoms with Crippen molar-refractivity contribution in [1.29, 1.82) is 0 Å². The Morgan fingerprint density at radius 3 is 1.67 bits per heavy atom. The third-order valence-corrected chi connectivity index (χ3v) is 1.17. The molecule has 85 valence electrons. The van der Waals surface area contributed by atoms with Crippen LogP contribution < -0.4 is 0 Å². The van der Waals surface area contributed by atoms with Gasteiger partial charge in [-0.25, -0.2) is 0 Å². The molecule has 0 fully saturated rings. The molecule has 0 saturated carbocycles. The van der Waals surface area contributed by atoms with Crippen molar-refractivity contribution in [3.63, 3.8) is 0 Å². The first kappa shape index (κ1) is 23.5. The maximum absolute atomic E-state index is 8.00. The molecule has 0 aliphatic carbocycles. The average Bonchev–Trinajstić information content (AvgIpc) is 2.73. The summed E-state index contributed by atoms with van der Waals surface area (Å²) in [6, 6.07) is 6.24. The standard InChI is InChI=1S/C8H9.3CH2O.Re/c1-3-8-5-4-7(2)6-8;3*1-2;/h3-6H,1H2,2H3;3*1H2;/q-1;;;;. The summed E-state index contributed by atoms with van der Waals surface area (Å²) in [6.45, 7) is 11.7. The van der Waals surface area contributed by atoms with Crippen molar-refractivity contribution in [2.24, 2.45) is 0 Å². The van der Waals surface area contributed by atoms with Gasteiger partial charge in [0.2, 0.25) is 0 Å². The quantitative estimate of drug-likeness (QED) is 0.697. The van der Waals surface area contributed by atoms with E-state index in [4.69, 9.17) is 14.4 Å². The average molecular weight is 381 g/mol. The van der Waals surface area contributed by atoms with Crippen LogP contribution in [-0.4, -0.2) is 20.4 Å². The van der Waals surface area contributed by atoms with E-state index < -0.39 is 0 Å². The Bertz CT molecular complexity index is 229. The van der Waals surface area contributed by atoms with E-state index in [1.165, 1.54) is 11.1 Å². The van der Waals surface area contributed by atoms with Crippen molar-refractivity contribution in [1.82, 2.24) is 0 Å². The first-order valence-electron chi connectivity index (χ1n) is 3.55. The minimum atomic E-state index is 0. The molecule has 0 amide bonds. The predicted molar refractivity (Wildman–Crippen MR) is 58.2 cm³/mol. The molecule has 0 aliphatic rings. The molecular weight excluding hydrogens is 366 g/mol. The molecule has 0 unspecified atom stereocenters. The molecule has 4 heteroatoms. The van der Waals surface area contributed by atoms with Crippen molar-refractivity contribution in [3.8, 4) is 0 Å². The molecule has 15 heavy (non-hydrogen) atoms. The van der Waals surface area contributed by atoms with Gasteiger partial charge >= 0.3 is 0 Å². The Kier molecular flexibility index (Phi) is 36.1. The van der Waals surface area contributed by atoms with Gasteiger partial charge in [0.05, 0.1) is 0 Å². The van der Waals surface area contributed by atoms with Crippen molar-refractivity contribution in [2.75, 3.05) is 0 Å². The zero-order valence-electron chi connectivity index (χ0n) is 8.74. The van der Waals surface area contributed by atoms with E-state index in [1.54, 1.807) is 0 Å². The van der Waals surface area contributed by atoms with Crippen LogP contribution in [0.25, 0.3) is 6.08 Å². The smallest absolute Gasteiger partial charge is 0.106 e. The van der Waals surface area contributed by atoms with Crippen LogP contribution in [0.15, 0.2) is 24.8 Å². The van der Waals surface area contributed by atoms with Gasteiger partial charge in [0.1, 0.15) is 20.4 Å². The number of carbonyl (C=O) groups is 3. The van der Waals surface area contributed by atoms with E-state index >= 15 is 0 Å². The van der Waals surface area contributed by atoms with E-state index in [1.807, 2.05) is 26.4 Å². The number of carbonyl (C=O) groups excluding carboxylic acids is 3. The van der Waals surface area contributed by atoms with E-state index in [-0.39, 0.29) is 20.4 Å². The van der Waals surface area contributed by atoms with Crippen molar-refractivity contribution < 1.29 is 34.8 Å². The summed E-state index contributed by atoms with van der Waals surface area (Å²) < 4.78 is 0. The van der Waals surface area contributed by atoms with Crippen molar-refractivity contribution in [2.45, 2.75) is 6.92 Å². The summed E-state index contributed by atoms with van der Waals surface area (Å²) in [6.07, 6.45) is 1.85. The Morgan fingerprint density at radius 1 is 1.13 bits per heavy atom. The number of rotatable bonds is 1. The Balaban J connectivity index is -0.0000000755. The molecule has 0 atom stereocenters. The van der Waals surface area contributed by atoms with Crippen LogP contribution in [0.1, 0.15) is 11.1 Å². The SMILES string of the molecule is C=C[c-]1ccc(C)c1.C=O.C=O.C=O.[Re]. The molecule has 0 heterocycles. The zero-order chi connectivity index (χ0) is 12.0. The first-order valence-corrected chi connectivity index (χ1v) is 3.55. The number of hydrogen-bond donors (Lipinski definition) is 0. The van der Waals surface area contributed by atoms with Gasteiger partial charge in [-0.1, -0.05) is 6.92 Å². The van der Waals surface area contributed by atoms with E-state index in [0.29, 0.717) is 0 Å². The third-order valence-electron chi connectivity index (χ3n) is 1.17. The summed E-state index contributed by atoms with van der Waals surface area (Å²) in [5.41, 5.74) is 2.52. The molecule has 1 radical (unpaired) electrons. The van der Waals surface area contributed by atoms with Crippen LogP contribution in [0.4, 0.5) is 0 Å². The molecule has 0 N–H and O–H groups in total. The van der Waals surface area contributed by atoms with Gasteiger partial charge in [0, 0.05) is 20.4 Å². The molecule has 0 bridgehead atoms. The van der Waals surface area contributed by atoms with Crippen molar-refractivity contribution in [3.05, 3.63) is 35.9 Å². The second kappa shape index (κ2) is 23.0. The minimum absolute atomic E-state index is 0. The zero-order valence-corrected chi connectivity index (χ0v) is 11.5. The van der Waals surface area contributed by atoms with Crippen LogP contribution in [0.3, 0.4) is 0 Å². The normalized spacial score (nSPS) is 5.67. The summed E-state index contributed by atoms with van der Waals surface area (Å²) in [4.78, 5) is 24.0. The third kappa shape index (κ3) is 15.5. The Hall–Kier alpha value is -1.24. The number of hydrogen-bond acceptors (Lipinski definition) is 3. The largest absolute Gasteiger partial charge is 0.307 e. The van der Waals surface area contributed by atoms with E-state index in [0.717, 1.165) is 0 Å². The summed E-state index contributed by atoms with van der Waals surface area (Å²) in [7, 11) is 0. The molecule has 1 aromatic carbocycles. The molecule has 0 aliphatic heterocycles. The topological polar surface area (TPSA) is 51.2 Å². The second-order valence-corrected chi connectivity index (χ2v) is 1.93. The Labute approximate surface area is 104 Å². The fourth-order valence-corrected chi connectivity index (χ4v) is 0.714. The van der Waals surface area contributed by atoms with Crippen LogP contribution in [0.2, 0.25) is 0 Å². The van der Waals surface area contributed by atoms with Gasteiger partial charge in [-0.05, 0) is 0 Å². The number of aryl methyl sites for hydroxylation is 1. The van der Waals surface area contributed by atoms with Gasteiger partial charge in [0.25, 0.3) is 0 Å².